The van der Waals surface area contributed by atoms with Gasteiger partial charge >= 0.3 is 0 Å². The van der Waals surface area contributed by atoms with Gasteiger partial charge in [-0.3, -0.25) is 14.3 Å². The van der Waals surface area contributed by atoms with E-state index in [9.17, 15) is 14.3 Å². The quantitative estimate of drug-likeness (QED) is 0.420. The van der Waals surface area contributed by atoms with Gasteiger partial charge in [0.05, 0.1) is 36.6 Å². The molecule has 4 rings (SSSR count). The van der Waals surface area contributed by atoms with E-state index < -0.39 is 17.7 Å². The van der Waals surface area contributed by atoms with Crippen molar-refractivity contribution < 1.29 is 19.0 Å². The van der Waals surface area contributed by atoms with E-state index in [0.717, 1.165) is 18.5 Å². The van der Waals surface area contributed by atoms with Gasteiger partial charge in [-0.25, -0.2) is 19.3 Å². The van der Waals surface area contributed by atoms with E-state index in [2.05, 4.69) is 37.4 Å². The molecule has 3 N–H and O–H groups in total. The van der Waals surface area contributed by atoms with Crippen LogP contribution in [0.2, 0.25) is 0 Å². The predicted octanol–water partition coefficient (Wildman–Crippen LogP) is 1.79. The number of alkyl halides is 1. The van der Waals surface area contributed by atoms with E-state index in [4.69, 9.17) is 4.74 Å². The molecule has 2 unspecified atom stereocenters. The molecule has 0 aromatic carbocycles. The van der Waals surface area contributed by atoms with Crippen LogP contribution in [0.5, 0.6) is 0 Å². The first-order valence-electron chi connectivity index (χ1n) is 11.7. The summed E-state index contributed by atoms with van der Waals surface area (Å²) in [5.41, 5.74) is 0.00317. The third-order valence-electron chi connectivity index (χ3n) is 6.20. The predicted molar refractivity (Wildman–Crippen MR) is 131 cm³/mol. The number of pyridine rings is 1. The van der Waals surface area contributed by atoms with Crippen molar-refractivity contribution in [3.05, 3.63) is 42.6 Å². The molecule has 4 heterocycles. The lowest BCUT2D eigenvalue weighted by Crippen LogP contribution is -2.45. The minimum Gasteiger partial charge on any atom is -0.387 e. The average Bonchev–Trinajstić information content (AvgIpc) is 3.29. The molecule has 1 fully saturated rings. The number of morpholine rings is 1. The second-order valence-electron chi connectivity index (χ2n) is 9.29. The van der Waals surface area contributed by atoms with E-state index in [-0.39, 0.29) is 18.2 Å². The highest BCUT2D eigenvalue weighted by Gasteiger charge is 2.27. The zero-order valence-electron chi connectivity index (χ0n) is 20.2. The Morgan fingerprint density at radius 1 is 1.26 bits per heavy atom. The Kier molecular flexibility index (Phi) is 7.58. The summed E-state index contributed by atoms with van der Waals surface area (Å²) in [6, 6.07) is 3.88. The smallest absolute Gasteiger partial charge is 0.255 e. The fraction of sp³-hybridized carbons (Fsp3) is 0.500. The molecule has 10 nitrogen and oxygen atoms in total. The van der Waals surface area contributed by atoms with E-state index in [1.807, 2.05) is 16.8 Å². The summed E-state index contributed by atoms with van der Waals surface area (Å²) < 4.78 is 21.5. The molecule has 2 atom stereocenters. The maximum atomic E-state index is 14.2. The van der Waals surface area contributed by atoms with Crippen molar-refractivity contribution in [2.24, 2.45) is 0 Å². The number of fused-ring (bicyclic) bond motifs is 1. The lowest BCUT2D eigenvalue weighted by Gasteiger charge is -2.32. The maximum Gasteiger partial charge on any atom is 0.255 e. The van der Waals surface area contributed by atoms with Crippen LogP contribution in [0, 0.1) is 0 Å². The minimum absolute atomic E-state index is 0.206. The highest BCUT2D eigenvalue weighted by molar-refractivity contribution is 5.99. The largest absolute Gasteiger partial charge is 0.387 e. The molecule has 1 aliphatic heterocycles. The number of aliphatic hydroxyl groups is 1. The van der Waals surface area contributed by atoms with Gasteiger partial charge in [-0.2, -0.15) is 0 Å². The number of carbonyl (C=O) groups is 1. The normalized spacial score (nSPS) is 16.7. The number of halogens is 1. The van der Waals surface area contributed by atoms with Crippen molar-refractivity contribution in [1.82, 2.24) is 29.7 Å². The monoisotopic (exact) mass is 485 g/mol. The number of ether oxygens (including phenoxy) is 1. The van der Waals surface area contributed by atoms with Gasteiger partial charge in [0.15, 0.2) is 0 Å². The third-order valence-corrected chi connectivity index (χ3v) is 6.20. The summed E-state index contributed by atoms with van der Waals surface area (Å²) in [5.74, 6) is 0.105. The summed E-state index contributed by atoms with van der Waals surface area (Å²) in [6.45, 7) is 8.23. The Balaban J connectivity index is 1.58. The van der Waals surface area contributed by atoms with Crippen LogP contribution < -0.4 is 10.6 Å². The highest BCUT2D eigenvalue weighted by atomic mass is 19.1. The number of hydrogen-bond donors (Lipinski definition) is 3. The Hall–Kier alpha value is -3.15. The SMILES string of the molecule is CC(CNc1cc(-n2ccc3cncnc32)ncc1C(=O)NCC(F)C(C)(C)O)N1CCOCC1. The molecule has 3 aromatic heterocycles. The topological polar surface area (TPSA) is 117 Å². The van der Waals surface area contributed by atoms with Gasteiger partial charge in [-0.15, -0.1) is 0 Å². The van der Waals surface area contributed by atoms with Gasteiger partial charge in [-0.05, 0) is 26.8 Å². The molecule has 1 saturated heterocycles. The molecule has 0 spiro atoms. The molecule has 11 heteroatoms. The summed E-state index contributed by atoms with van der Waals surface area (Å²) >= 11 is 0. The summed E-state index contributed by atoms with van der Waals surface area (Å²) in [4.78, 5) is 28.2. The van der Waals surface area contributed by atoms with Crippen LogP contribution >= 0.6 is 0 Å². The number of anilines is 1. The molecule has 1 amide bonds. The second-order valence-corrected chi connectivity index (χ2v) is 9.29. The zero-order valence-corrected chi connectivity index (χ0v) is 20.2. The summed E-state index contributed by atoms with van der Waals surface area (Å²) in [6.07, 6.45) is 4.90. The minimum atomic E-state index is -1.61. The van der Waals surface area contributed by atoms with Crippen LogP contribution in [-0.2, 0) is 4.74 Å². The molecule has 3 aromatic rings. The first kappa shape index (κ1) is 25.0. The van der Waals surface area contributed by atoms with Crippen LogP contribution in [0.15, 0.2) is 37.1 Å². The average molecular weight is 486 g/mol. The standard InChI is InChI=1S/C24H32FN7O3/c1-16(31-6-8-35-9-7-31)11-27-19-10-21(32-5-4-17-12-26-15-30-22(17)32)28-13-18(19)23(33)29-14-20(25)24(2,3)34/h4-5,10,12-13,15-16,20,34H,6-9,11,14H2,1-3H3,(H,27,28)(H,29,33). The van der Waals surface area contributed by atoms with Crippen molar-refractivity contribution in [2.45, 2.75) is 38.6 Å². The van der Waals surface area contributed by atoms with Gasteiger partial charge in [0.2, 0.25) is 0 Å². The van der Waals surface area contributed by atoms with E-state index in [1.54, 1.807) is 12.3 Å². The van der Waals surface area contributed by atoms with Crippen molar-refractivity contribution in [2.75, 3.05) is 44.7 Å². The fourth-order valence-electron chi connectivity index (χ4n) is 3.90. The van der Waals surface area contributed by atoms with Gasteiger partial charge in [0.25, 0.3) is 5.91 Å². The third kappa shape index (κ3) is 5.92. The van der Waals surface area contributed by atoms with Crippen LogP contribution in [0.1, 0.15) is 31.1 Å². The van der Waals surface area contributed by atoms with E-state index in [1.165, 1.54) is 26.4 Å². The Bertz CT molecular complexity index is 1160. The summed E-state index contributed by atoms with van der Waals surface area (Å²) in [7, 11) is 0. The molecule has 0 bridgehead atoms. The Labute approximate surface area is 203 Å². The van der Waals surface area contributed by atoms with Crippen LogP contribution in [0.4, 0.5) is 10.1 Å². The maximum absolute atomic E-state index is 14.2. The summed E-state index contributed by atoms with van der Waals surface area (Å²) in [5, 5.41) is 16.7. The first-order valence-corrected chi connectivity index (χ1v) is 11.7. The van der Waals surface area contributed by atoms with Gasteiger partial charge in [0.1, 0.15) is 24.0 Å². The van der Waals surface area contributed by atoms with Crippen molar-refractivity contribution in [3.63, 3.8) is 0 Å². The lowest BCUT2D eigenvalue weighted by atomic mass is 10.0. The van der Waals surface area contributed by atoms with Crippen molar-refractivity contribution in [3.8, 4) is 5.82 Å². The number of nitrogens with one attached hydrogen (secondary N) is 2. The van der Waals surface area contributed by atoms with Crippen LogP contribution in [0.3, 0.4) is 0 Å². The van der Waals surface area contributed by atoms with Crippen LogP contribution in [-0.4, -0.2) is 92.6 Å². The zero-order chi connectivity index (χ0) is 25.0. The number of nitrogens with zero attached hydrogens (tertiary/aromatic N) is 5. The number of rotatable bonds is 9. The van der Waals surface area contributed by atoms with Gasteiger partial charge in [-0.1, -0.05) is 0 Å². The molecule has 1 aliphatic rings. The molecule has 0 radical (unpaired) electrons. The fourth-order valence-corrected chi connectivity index (χ4v) is 3.90. The molecule has 188 valence electrons. The number of amides is 1. The molecule has 0 saturated carbocycles. The second kappa shape index (κ2) is 10.6. The molecular weight excluding hydrogens is 453 g/mol. The van der Waals surface area contributed by atoms with Gasteiger partial charge in [0, 0.05) is 55.7 Å². The van der Waals surface area contributed by atoms with Crippen LogP contribution in [0.25, 0.3) is 16.9 Å². The number of carbonyl (C=O) groups excluding carboxylic acids is 1. The lowest BCUT2D eigenvalue weighted by molar-refractivity contribution is -0.00177. The van der Waals surface area contributed by atoms with E-state index >= 15 is 0 Å². The Morgan fingerprint density at radius 3 is 2.77 bits per heavy atom. The number of aromatic nitrogens is 4. The van der Waals surface area contributed by atoms with E-state index in [0.29, 0.717) is 36.9 Å². The molecular formula is C24H32FN7O3. The van der Waals surface area contributed by atoms with Crippen molar-refractivity contribution >= 4 is 22.6 Å². The highest BCUT2D eigenvalue weighted by Crippen LogP contribution is 2.22. The van der Waals surface area contributed by atoms with Gasteiger partial charge < -0.3 is 20.5 Å². The Morgan fingerprint density at radius 2 is 2.03 bits per heavy atom. The first-order chi connectivity index (χ1) is 16.7. The molecule has 0 aliphatic carbocycles. The van der Waals surface area contributed by atoms with Crippen molar-refractivity contribution in [1.29, 1.82) is 0 Å². The number of hydrogen-bond acceptors (Lipinski definition) is 8. The molecule has 35 heavy (non-hydrogen) atoms.